The Balaban J connectivity index is 2.25. The van der Waals surface area contributed by atoms with Crippen LogP contribution in [0.1, 0.15) is 26.2 Å². The second kappa shape index (κ2) is 6.56. The second-order valence-electron chi connectivity index (χ2n) is 4.95. The van der Waals surface area contributed by atoms with E-state index in [0.29, 0.717) is 38.9 Å². The molecular weight excluding hydrogens is 263 g/mol. The first-order valence-electron chi connectivity index (χ1n) is 6.39. The molecule has 112 valence electrons. The van der Waals surface area contributed by atoms with Crippen LogP contribution in [0.3, 0.4) is 0 Å². The third kappa shape index (κ3) is 4.99. The SMILES string of the molecule is CCC1(C(=O)O)CCN(CCOCC(F)(F)F)CC1. The number of halogens is 3. The van der Waals surface area contributed by atoms with Gasteiger partial charge in [0.05, 0.1) is 12.0 Å². The van der Waals surface area contributed by atoms with Crippen molar-refractivity contribution in [1.29, 1.82) is 0 Å². The maximum absolute atomic E-state index is 11.9. The summed E-state index contributed by atoms with van der Waals surface area (Å²) in [4.78, 5) is 13.2. The highest BCUT2D eigenvalue weighted by molar-refractivity contribution is 5.74. The fourth-order valence-corrected chi connectivity index (χ4v) is 2.30. The molecule has 1 saturated heterocycles. The highest BCUT2D eigenvalue weighted by Crippen LogP contribution is 2.34. The second-order valence-corrected chi connectivity index (χ2v) is 4.95. The van der Waals surface area contributed by atoms with Crippen LogP contribution in [0.2, 0.25) is 0 Å². The van der Waals surface area contributed by atoms with E-state index >= 15 is 0 Å². The third-order valence-electron chi connectivity index (χ3n) is 3.76. The summed E-state index contributed by atoms with van der Waals surface area (Å²) in [6.45, 7) is 2.25. The van der Waals surface area contributed by atoms with Crippen molar-refractivity contribution in [2.24, 2.45) is 5.41 Å². The highest BCUT2D eigenvalue weighted by Gasteiger charge is 2.39. The van der Waals surface area contributed by atoms with Gasteiger partial charge in [0, 0.05) is 6.54 Å². The summed E-state index contributed by atoms with van der Waals surface area (Å²) >= 11 is 0. The van der Waals surface area contributed by atoms with Crippen molar-refractivity contribution in [2.75, 3.05) is 32.8 Å². The summed E-state index contributed by atoms with van der Waals surface area (Å²) in [5.74, 6) is -0.775. The van der Waals surface area contributed by atoms with Crippen molar-refractivity contribution < 1.29 is 27.8 Å². The predicted molar refractivity (Wildman–Crippen MR) is 62.9 cm³/mol. The smallest absolute Gasteiger partial charge is 0.411 e. The zero-order valence-electron chi connectivity index (χ0n) is 11.0. The standard InChI is InChI=1S/C12H20F3NO3/c1-2-11(10(17)18)3-5-16(6-4-11)7-8-19-9-12(13,14)15/h2-9H2,1H3,(H,17,18). The molecule has 1 fully saturated rings. The molecule has 0 aromatic carbocycles. The van der Waals surface area contributed by atoms with Gasteiger partial charge < -0.3 is 14.7 Å². The van der Waals surface area contributed by atoms with E-state index in [1.807, 2.05) is 11.8 Å². The number of ether oxygens (including phenoxy) is 1. The van der Waals surface area contributed by atoms with Crippen LogP contribution >= 0.6 is 0 Å². The number of carboxylic acid groups (broad SMARTS) is 1. The summed E-state index contributed by atoms with van der Waals surface area (Å²) in [6, 6.07) is 0. The molecule has 0 aromatic rings. The minimum atomic E-state index is -4.29. The molecule has 0 atom stereocenters. The van der Waals surface area contributed by atoms with Gasteiger partial charge in [-0.1, -0.05) is 6.92 Å². The van der Waals surface area contributed by atoms with E-state index in [2.05, 4.69) is 4.74 Å². The number of hydrogen-bond donors (Lipinski definition) is 1. The van der Waals surface area contributed by atoms with Crippen LogP contribution in [0.4, 0.5) is 13.2 Å². The van der Waals surface area contributed by atoms with Gasteiger partial charge in [-0.25, -0.2) is 0 Å². The Hall–Kier alpha value is -0.820. The van der Waals surface area contributed by atoms with Crippen LogP contribution in [-0.4, -0.2) is 55.0 Å². The predicted octanol–water partition coefficient (Wildman–Crippen LogP) is 2.14. The van der Waals surface area contributed by atoms with Gasteiger partial charge in [0.15, 0.2) is 0 Å². The topological polar surface area (TPSA) is 49.8 Å². The van der Waals surface area contributed by atoms with Crippen molar-refractivity contribution in [3.63, 3.8) is 0 Å². The van der Waals surface area contributed by atoms with Crippen molar-refractivity contribution in [2.45, 2.75) is 32.4 Å². The Morgan fingerprint density at radius 3 is 2.37 bits per heavy atom. The monoisotopic (exact) mass is 283 g/mol. The maximum atomic E-state index is 11.9. The lowest BCUT2D eigenvalue weighted by Gasteiger charge is -2.38. The number of carboxylic acids is 1. The fourth-order valence-electron chi connectivity index (χ4n) is 2.30. The molecular formula is C12H20F3NO3. The number of alkyl halides is 3. The van der Waals surface area contributed by atoms with Crippen molar-refractivity contribution >= 4 is 5.97 Å². The highest BCUT2D eigenvalue weighted by atomic mass is 19.4. The number of aliphatic carboxylic acids is 1. The van der Waals surface area contributed by atoms with Gasteiger partial charge in [0.25, 0.3) is 0 Å². The quantitative estimate of drug-likeness (QED) is 0.759. The number of carbonyl (C=O) groups is 1. The molecule has 0 saturated carbocycles. The molecule has 0 unspecified atom stereocenters. The van der Waals surface area contributed by atoms with Crippen LogP contribution in [0.15, 0.2) is 0 Å². The molecule has 0 radical (unpaired) electrons. The maximum Gasteiger partial charge on any atom is 0.411 e. The minimum absolute atomic E-state index is 0.0196. The van der Waals surface area contributed by atoms with Crippen molar-refractivity contribution in [3.05, 3.63) is 0 Å². The van der Waals surface area contributed by atoms with Gasteiger partial charge in [0.1, 0.15) is 6.61 Å². The third-order valence-corrected chi connectivity index (χ3v) is 3.76. The van der Waals surface area contributed by atoms with E-state index in [0.717, 1.165) is 0 Å². The molecule has 4 nitrogen and oxygen atoms in total. The Kier molecular flexibility index (Phi) is 5.61. The van der Waals surface area contributed by atoms with E-state index in [1.54, 1.807) is 0 Å². The minimum Gasteiger partial charge on any atom is -0.481 e. The number of hydrogen-bond acceptors (Lipinski definition) is 3. The average molecular weight is 283 g/mol. The van der Waals surface area contributed by atoms with Crippen LogP contribution < -0.4 is 0 Å². The molecule has 1 aliphatic heterocycles. The number of likely N-dealkylation sites (tertiary alicyclic amines) is 1. The Morgan fingerprint density at radius 1 is 1.37 bits per heavy atom. The molecule has 1 N–H and O–H groups in total. The summed E-state index contributed by atoms with van der Waals surface area (Å²) < 4.78 is 40.1. The number of nitrogens with zero attached hydrogens (tertiary/aromatic N) is 1. The first kappa shape index (κ1) is 16.2. The first-order valence-corrected chi connectivity index (χ1v) is 6.39. The molecule has 0 aliphatic carbocycles. The van der Waals surface area contributed by atoms with Crippen LogP contribution in [-0.2, 0) is 9.53 Å². The van der Waals surface area contributed by atoms with Gasteiger partial charge in [-0.15, -0.1) is 0 Å². The molecule has 7 heteroatoms. The van der Waals surface area contributed by atoms with E-state index in [-0.39, 0.29) is 6.61 Å². The van der Waals surface area contributed by atoms with Gasteiger partial charge >= 0.3 is 12.1 Å². The van der Waals surface area contributed by atoms with Crippen LogP contribution in [0, 0.1) is 5.41 Å². The van der Waals surface area contributed by atoms with E-state index in [9.17, 15) is 23.1 Å². The largest absolute Gasteiger partial charge is 0.481 e. The molecule has 1 aliphatic rings. The van der Waals surface area contributed by atoms with Gasteiger partial charge in [0.2, 0.25) is 0 Å². The zero-order valence-corrected chi connectivity index (χ0v) is 11.0. The van der Waals surface area contributed by atoms with E-state index in [1.165, 1.54) is 0 Å². The first-order chi connectivity index (χ1) is 8.79. The Morgan fingerprint density at radius 2 is 1.95 bits per heavy atom. The normalized spacial score (nSPS) is 20.4. The molecule has 0 amide bonds. The molecule has 0 aromatic heterocycles. The van der Waals surface area contributed by atoms with Crippen molar-refractivity contribution in [1.82, 2.24) is 4.90 Å². The zero-order chi connectivity index (χ0) is 14.5. The van der Waals surface area contributed by atoms with Crippen LogP contribution in [0.25, 0.3) is 0 Å². The summed E-state index contributed by atoms with van der Waals surface area (Å²) in [7, 11) is 0. The molecule has 1 heterocycles. The van der Waals surface area contributed by atoms with Gasteiger partial charge in [-0.3, -0.25) is 4.79 Å². The molecule has 0 spiro atoms. The summed E-state index contributed by atoms with van der Waals surface area (Å²) in [6.07, 6.45) is -2.63. The van der Waals surface area contributed by atoms with E-state index in [4.69, 9.17) is 0 Å². The van der Waals surface area contributed by atoms with Gasteiger partial charge in [-0.05, 0) is 32.4 Å². The van der Waals surface area contributed by atoms with E-state index < -0.39 is 24.2 Å². The summed E-state index contributed by atoms with van der Waals surface area (Å²) in [5.41, 5.74) is -0.663. The number of rotatable bonds is 6. The van der Waals surface area contributed by atoms with Crippen LogP contribution in [0.5, 0.6) is 0 Å². The molecule has 0 bridgehead atoms. The van der Waals surface area contributed by atoms with Crippen molar-refractivity contribution in [3.8, 4) is 0 Å². The fraction of sp³-hybridized carbons (Fsp3) is 0.917. The lowest BCUT2D eigenvalue weighted by Crippen LogP contribution is -2.45. The summed E-state index contributed by atoms with van der Waals surface area (Å²) in [5, 5.41) is 9.21. The average Bonchev–Trinajstić information content (AvgIpc) is 2.34. The molecule has 19 heavy (non-hydrogen) atoms. The number of piperidine rings is 1. The lowest BCUT2D eigenvalue weighted by atomic mass is 9.76. The molecule has 1 rings (SSSR count). The Bertz CT molecular complexity index is 299. The lowest BCUT2D eigenvalue weighted by molar-refractivity contribution is -0.175. The van der Waals surface area contributed by atoms with Gasteiger partial charge in [-0.2, -0.15) is 13.2 Å². The Labute approximate surface area is 110 Å².